The standard InChI is InChI=1S/C22H33FN2O4/c1-17-12-19(6-7-20(17)23)29-16-22(28)14-24(10-11-25(15-22)18(2)26)13-21(27)8-4-3-5-9-21/h6-7,12,27-28H,3-5,8-11,13-16H2,1-2H3/t22-/m0/s1. The van der Waals surface area contributed by atoms with E-state index in [1.54, 1.807) is 17.9 Å². The molecule has 0 spiro atoms. The Morgan fingerprint density at radius 3 is 2.52 bits per heavy atom. The van der Waals surface area contributed by atoms with Gasteiger partial charge in [0.2, 0.25) is 5.91 Å². The molecule has 1 aromatic carbocycles. The molecular weight excluding hydrogens is 375 g/mol. The molecule has 1 amide bonds. The molecule has 0 bridgehead atoms. The van der Waals surface area contributed by atoms with Gasteiger partial charge in [-0.3, -0.25) is 9.69 Å². The van der Waals surface area contributed by atoms with Crippen LogP contribution >= 0.6 is 0 Å². The number of rotatable bonds is 5. The zero-order valence-electron chi connectivity index (χ0n) is 17.5. The number of amides is 1. The van der Waals surface area contributed by atoms with Gasteiger partial charge in [-0.1, -0.05) is 19.3 Å². The van der Waals surface area contributed by atoms with E-state index in [0.717, 1.165) is 32.1 Å². The first-order valence-corrected chi connectivity index (χ1v) is 10.5. The molecule has 1 aliphatic carbocycles. The topological polar surface area (TPSA) is 73.2 Å². The van der Waals surface area contributed by atoms with Crippen molar-refractivity contribution in [3.8, 4) is 5.75 Å². The van der Waals surface area contributed by atoms with Crippen LogP contribution in [-0.2, 0) is 4.79 Å². The normalized spacial score (nSPS) is 25.5. The summed E-state index contributed by atoms with van der Waals surface area (Å²) in [6, 6.07) is 4.48. The predicted octanol–water partition coefficient (Wildman–Crippen LogP) is 2.10. The van der Waals surface area contributed by atoms with Crippen LogP contribution in [-0.4, -0.2) is 76.5 Å². The Kier molecular flexibility index (Phi) is 6.81. The molecule has 0 radical (unpaired) electrons. The first-order chi connectivity index (χ1) is 13.7. The van der Waals surface area contributed by atoms with Gasteiger partial charge in [0, 0.05) is 33.1 Å². The molecule has 2 N–H and O–H groups in total. The molecule has 1 saturated heterocycles. The second-order valence-electron chi connectivity index (χ2n) is 8.86. The van der Waals surface area contributed by atoms with Crippen molar-refractivity contribution < 1.29 is 24.1 Å². The Hall–Kier alpha value is -1.70. The lowest BCUT2D eigenvalue weighted by Gasteiger charge is -2.38. The fraction of sp³-hybridized carbons (Fsp3) is 0.682. The molecule has 1 heterocycles. The molecule has 3 rings (SSSR count). The van der Waals surface area contributed by atoms with Crippen LogP contribution in [0.2, 0.25) is 0 Å². The van der Waals surface area contributed by atoms with Crippen molar-refractivity contribution in [2.24, 2.45) is 0 Å². The van der Waals surface area contributed by atoms with E-state index in [1.165, 1.54) is 19.1 Å². The highest BCUT2D eigenvalue weighted by atomic mass is 19.1. The third-order valence-electron chi connectivity index (χ3n) is 6.07. The molecule has 7 heteroatoms. The highest BCUT2D eigenvalue weighted by molar-refractivity contribution is 5.73. The van der Waals surface area contributed by atoms with E-state index in [9.17, 15) is 19.4 Å². The lowest BCUT2D eigenvalue weighted by molar-refractivity contribution is -0.132. The van der Waals surface area contributed by atoms with E-state index in [0.29, 0.717) is 37.5 Å². The molecular formula is C22H33FN2O4. The molecule has 1 saturated carbocycles. The summed E-state index contributed by atoms with van der Waals surface area (Å²) >= 11 is 0. The molecule has 0 aromatic heterocycles. The van der Waals surface area contributed by atoms with Gasteiger partial charge in [-0.25, -0.2) is 4.39 Å². The third-order valence-corrected chi connectivity index (χ3v) is 6.07. The maximum Gasteiger partial charge on any atom is 0.219 e. The van der Waals surface area contributed by atoms with Crippen LogP contribution in [0.4, 0.5) is 4.39 Å². The summed E-state index contributed by atoms with van der Waals surface area (Å²) in [6.45, 7) is 5.19. The number of ether oxygens (including phenoxy) is 1. The molecule has 1 atom stereocenters. The quantitative estimate of drug-likeness (QED) is 0.781. The molecule has 6 nitrogen and oxygen atoms in total. The first kappa shape index (κ1) is 22.0. The Labute approximate surface area is 172 Å². The average molecular weight is 409 g/mol. The summed E-state index contributed by atoms with van der Waals surface area (Å²) in [4.78, 5) is 15.7. The Morgan fingerprint density at radius 2 is 1.86 bits per heavy atom. The number of β-amino-alcohol motifs (C(OH)–C–C–N with tert-alkyl or cyclic N) is 2. The maximum absolute atomic E-state index is 13.5. The minimum atomic E-state index is -1.28. The van der Waals surface area contributed by atoms with Crippen molar-refractivity contribution in [1.29, 1.82) is 0 Å². The number of aliphatic hydroxyl groups is 2. The number of halogens is 1. The van der Waals surface area contributed by atoms with Gasteiger partial charge in [0.15, 0.2) is 0 Å². The maximum atomic E-state index is 13.5. The van der Waals surface area contributed by atoms with Gasteiger partial charge in [-0.15, -0.1) is 0 Å². The monoisotopic (exact) mass is 408 g/mol. The van der Waals surface area contributed by atoms with Crippen molar-refractivity contribution in [1.82, 2.24) is 9.80 Å². The van der Waals surface area contributed by atoms with Crippen molar-refractivity contribution in [3.05, 3.63) is 29.6 Å². The average Bonchev–Trinajstić information content (AvgIpc) is 2.82. The molecule has 2 aliphatic rings. The lowest BCUT2D eigenvalue weighted by atomic mass is 9.84. The first-order valence-electron chi connectivity index (χ1n) is 10.5. The van der Waals surface area contributed by atoms with Crippen molar-refractivity contribution in [2.45, 2.75) is 57.2 Å². The van der Waals surface area contributed by atoms with Crippen LogP contribution < -0.4 is 4.74 Å². The number of hydrogen-bond acceptors (Lipinski definition) is 5. The number of carbonyl (C=O) groups is 1. The fourth-order valence-corrected chi connectivity index (χ4v) is 4.45. The van der Waals surface area contributed by atoms with E-state index in [2.05, 4.69) is 0 Å². The van der Waals surface area contributed by atoms with Crippen LogP contribution in [0.1, 0.15) is 44.6 Å². The zero-order valence-corrected chi connectivity index (χ0v) is 17.5. The Morgan fingerprint density at radius 1 is 1.14 bits per heavy atom. The van der Waals surface area contributed by atoms with Crippen LogP contribution in [0.3, 0.4) is 0 Å². The fourth-order valence-electron chi connectivity index (χ4n) is 4.45. The summed E-state index contributed by atoms with van der Waals surface area (Å²) in [6.07, 6.45) is 4.71. The predicted molar refractivity (Wildman–Crippen MR) is 108 cm³/mol. The summed E-state index contributed by atoms with van der Waals surface area (Å²) in [5, 5.41) is 22.3. The lowest BCUT2D eigenvalue weighted by Crippen LogP contribution is -2.54. The molecule has 1 aromatic rings. The molecule has 1 aliphatic heterocycles. The van der Waals surface area contributed by atoms with Crippen molar-refractivity contribution >= 4 is 5.91 Å². The van der Waals surface area contributed by atoms with E-state index < -0.39 is 11.2 Å². The molecule has 162 valence electrons. The van der Waals surface area contributed by atoms with Gasteiger partial charge in [0.1, 0.15) is 23.8 Å². The number of carbonyl (C=O) groups excluding carboxylic acids is 1. The van der Waals surface area contributed by atoms with Gasteiger partial charge in [0.05, 0.1) is 12.1 Å². The van der Waals surface area contributed by atoms with Gasteiger partial charge in [-0.05, 0) is 43.5 Å². The van der Waals surface area contributed by atoms with Gasteiger partial charge < -0.3 is 19.8 Å². The van der Waals surface area contributed by atoms with Gasteiger partial charge >= 0.3 is 0 Å². The van der Waals surface area contributed by atoms with E-state index >= 15 is 0 Å². The minimum Gasteiger partial charge on any atom is -0.490 e. The second kappa shape index (κ2) is 8.98. The van der Waals surface area contributed by atoms with E-state index in [4.69, 9.17) is 4.74 Å². The highest BCUT2D eigenvalue weighted by Gasteiger charge is 2.40. The molecule has 29 heavy (non-hydrogen) atoms. The molecule has 2 fully saturated rings. The largest absolute Gasteiger partial charge is 0.490 e. The Balaban J connectivity index is 1.71. The van der Waals surface area contributed by atoms with Crippen LogP contribution in [0, 0.1) is 12.7 Å². The smallest absolute Gasteiger partial charge is 0.219 e. The van der Waals surface area contributed by atoms with Crippen molar-refractivity contribution in [3.63, 3.8) is 0 Å². The van der Waals surface area contributed by atoms with Gasteiger partial charge in [0.25, 0.3) is 0 Å². The molecule has 0 unspecified atom stereocenters. The van der Waals surface area contributed by atoms with Crippen molar-refractivity contribution in [2.75, 3.05) is 39.3 Å². The summed E-state index contributed by atoms with van der Waals surface area (Å²) in [7, 11) is 0. The van der Waals surface area contributed by atoms with E-state index in [-0.39, 0.29) is 24.9 Å². The number of aryl methyl sites for hydroxylation is 1. The highest BCUT2D eigenvalue weighted by Crippen LogP contribution is 2.30. The summed E-state index contributed by atoms with van der Waals surface area (Å²) in [5.74, 6) is 0.0767. The minimum absolute atomic E-state index is 0.0171. The van der Waals surface area contributed by atoms with Crippen LogP contribution in [0.5, 0.6) is 5.75 Å². The second-order valence-corrected chi connectivity index (χ2v) is 8.86. The van der Waals surface area contributed by atoms with Crippen LogP contribution in [0.15, 0.2) is 18.2 Å². The van der Waals surface area contributed by atoms with E-state index in [1.807, 2.05) is 4.90 Å². The third kappa shape index (κ3) is 5.90. The van der Waals surface area contributed by atoms with Gasteiger partial charge in [-0.2, -0.15) is 0 Å². The number of benzene rings is 1. The number of nitrogens with zero attached hydrogens (tertiary/aromatic N) is 2. The summed E-state index contributed by atoms with van der Waals surface area (Å²) < 4.78 is 19.3. The number of hydrogen-bond donors (Lipinski definition) is 2. The summed E-state index contributed by atoms with van der Waals surface area (Å²) in [5.41, 5.74) is -1.54. The zero-order chi connectivity index (χ0) is 21.1. The SMILES string of the molecule is CC(=O)N1CCN(CC2(O)CCCCC2)C[C@@](O)(COc2ccc(F)c(C)c2)C1. The Bertz CT molecular complexity index is 723. The van der Waals surface area contributed by atoms with Crippen LogP contribution in [0.25, 0.3) is 0 Å².